The molecule has 3 rings (SSSR count). The number of nitrogens with one attached hydrogen (secondary N) is 1. The van der Waals surface area contributed by atoms with Gasteiger partial charge in [0.2, 0.25) is 12.6 Å². The first-order valence-corrected chi connectivity index (χ1v) is 7.41. The van der Waals surface area contributed by atoms with Crippen LogP contribution in [0.5, 0.6) is 11.5 Å². The molecule has 0 atom stereocenters. The third-order valence-corrected chi connectivity index (χ3v) is 3.55. The van der Waals surface area contributed by atoms with Crippen LogP contribution in [0.1, 0.15) is 33.4 Å². The second kappa shape index (κ2) is 6.68. The maximum atomic E-state index is 12.0. The van der Waals surface area contributed by atoms with E-state index in [2.05, 4.69) is 5.32 Å². The van der Waals surface area contributed by atoms with Crippen molar-refractivity contribution in [1.29, 1.82) is 0 Å². The number of hydrogen-bond donors (Lipinski definition) is 1. The molecule has 0 radical (unpaired) electrons. The zero-order valence-electron chi connectivity index (χ0n) is 13.6. The van der Waals surface area contributed by atoms with Crippen molar-refractivity contribution in [3.05, 3.63) is 41.3 Å². The summed E-state index contributed by atoms with van der Waals surface area (Å²) >= 11 is 0. The number of ketones is 1. The summed E-state index contributed by atoms with van der Waals surface area (Å²) in [5.74, 6) is -0.697. The highest BCUT2D eigenvalue weighted by molar-refractivity contribution is 6.05. The van der Waals surface area contributed by atoms with Crippen molar-refractivity contribution in [3.8, 4) is 11.5 Å². The lowest BCUT2D eigenvalue weighted by Gasteiger charge is -2.10. The van der Waals surface area contributed by atoms with E-state index in [9.17, 15) is 14.4 Å². The summed E-state index contributed by atoms with van der Waals surface area (Å²) in [6, 6.07) is 4.61. The first kappa shape index (κ1) is 16.6. The van der Waals surface area contributed by atoms with Crippen molar-refractivity contribution in [2.75, 3.05) is 18.7 Å². The molecule has 0 aliphatic carbocycles. The van der Waals surface area contributed by atoms with E-state index in [0.29, 0.717) is 17.1 Å². The molecule has 8 nitrogen and oxygen atoms in total. The molecule has 0 saturated carbocycles. The summed E-state index contributed by atoms with van der Waals surface area (Å²) in [6.07, 6.45) is 1.36. The molecular weight excluding hydrogens is 330 g/mol. The third-order valence-electron chi connectivity index (χ3n) is 3.55. The van der Waals surface area contributed by atoms with E-state index in [0.717, 1.165) is 0 Å². The van der Waals surface area contributed by atoms with Crippen LogP contribution in [0.4, 0.5) is 5.69 Å². The predicted molar refractivity (Wildman–Crippen MR) is 84.9 cm³/mol. The fourth-order valence-electron chi connectivity index (χ4n) is 2.30. The number of benzene rings is 1. The largest absolute Gasteiger partial charge is 0.457 e. The van der Waals surface area contributed by atoms with Crippen LogP contribution >= 0.6 is 0 Å². The number of amides is 1. The molecule has 0 fully saturated rings. The van der Waals surface area contributed by atoms with Crippen LogP contribution in [0.3, 0.4) is 0 Å². The molecule has 1 aromatic heterocycles. The Hall–Kier alpha value is -3.29. The van der Waals surface area contributed by atoms with Crippen LogP contribution in [0.2, 0.25) is 0 Å². The summed E-state index contributed by atoms with van der Waals surface area (Å²) < 4.78 is 20.4. The molecule has 2 aromatic rings. The Kier molecular flexibility index (Phi) is 4.42. The van der Waals surface area contributed by atoms with E-state index in [4.69, 9.17) is 18.6 Å². The van der Waals surface area contributed by atoms with Gasteiger partial charge < -0.3 is 23.9 Å². The van der Waals surface area contributed by atoms with Crippen LogP contribution in [-0.2, 0) is 9.53 Å². The lowest BCUT2D eigenvalue weighted by atomic mass is 10.1. The lowest BCUT2D eigenvalue weighted by molar-refractivity contribution is -0.119. The van der Waals surface area contributed by atoms with Gasteiger partial charge in [-0.25, -0.2) is 4.79 Å². The number of hydrogen-bond acceptors (Lipinski definition) is 7. The van der Waals surface area contributed by atoms with Gasteiger partial charge in [-0.05, 0) is 26.0 Å². The number of Topliss-reactive ketones (excluding diaryl/α,β-unsaturated/α-hetero) is 1. The number of esters is 1. The number of ether oxygens (including phenoxy) is 3. The highest BCUT2D eigenvalue weighted by atomic mass is 16.7. The van der Waals surface area contributed by atoms with E-state index in [1.807, 2.05) is 0 Å². The third kappa shape index (κ3) is 3.47. The van der Waals surface area contributed by atoms with Gasteiger partial charge in [0.1, 0.15) is 0 Å². The van der Waals surface area contributed by atoms with Gasteiger partial charge in [-0.2, -0.15) is 0 Å². The van der Waals surface area contributed by atoms with Crippen molar-refractivity contribution in [2.24, 2.45) is 0 Å². The molecule has 130 valence electrons. The Morgan fingerprint density at radius 3 is 2.56 bits per heavy atom. The number of aryl methyl sites for hydroxylation is 1. The summed E-state index contributed by atoms with van der Waals surface area (Å²) in [5.41, 5.74) is 1.14. The van der Waals surface area contributed by atoms with Crippen molar-refractivity contribution in [3.63, 3.8) is 0 Å². The van der Waals surface area contributed by atoms with Crippen molar-refractivity contribution >= 4 is 23.3 Å². The Balaban J connectivity index is 1.68. The van der Waals surface area contributed by atoms with Crippen LogP contribution in [0, 0.1) is 6.92 Å². The molecule has 1 amide bonds. The Bertz CT molecular complexity index is 853. The minimum Gasteiger partial charge on any atom is -0.457 e. The first-order chi connectivity index (χ1) is 12.0. The van der Waals surface area contributed by atoms with Gasteiger partial charge in [0.25, 0.3) is 5.91 Å². The summed E-state index contributed by atoms with van der Waals surface area (Å²) in [5, 5.41) is 2.53. The fourth-order valence-corrected chi connectivity index (χ4v) is 2.30. The van der Waals surface area contributed by atoms with Gasteiger partial charge in [-0.1, -0.05) is 0 Å². The van der Waals surface area contributed by atoms with Crippen molar-refractivity contribution < 1.29 is 33.0 Å². The maximum Gasteiger partial charge on any atom is 0.375 e. The minimum absolute atomic E-state index is 0.0419. The van der Waals surface area contributed by atoms with Gasteiger partial charge in [0.05, 0.1) is 12.0 Å². The quantitative estimate of drug-likeness (QED) is 0.655. The van der Waals surface area contributed by atoms with Crippen LogP contribution < -0.4 is 14.8 Å². The lowest BCUT2D eigenvalue weighted by Crippen LogP contribution is -2.22. The Labute approximate surface area is 142 Å². The minimum atomic E-state index is -0.741. The van der Waals surface area contributed by atoms with E-state index >= 15 is 0 Å². The SMILES string of the molecule is CC(=O)c1cc2c(cc1NC(=O)COC(=O)c1occc1C)OCO2. The van der Waals surface area contributed by atoms with Gasteiger partial charge in [-0.15, -0.1) is 0 Å². The number of carbonyl (C=O) groups excluding carboxylic acids is 3. The maximum absolute atomic E-state index is 12.0. The van der Waals surface area contributed by atoms with Crippen LogP contribution in [0.15, 0.2) is 28.9 Å². The number of rotatable bonds is 5. The molecule has 1 aromatic carbocycles. The summed E-state index contributed by atoms with van der Waals surface area (Å²) in [6.45, 7) is 2.58. The normalized spacial score (nSPS) is 11.9. The van der Waals surface area contributed by atoms with Gasteiger partial charge in [-0.3, -0.25) is 9.59 Å². The predicted octanol–water partition coefficient (Wildman–Crippen LogP) is 2.31. The van der Waals surface area contributed by atoms with E-state index < -0.39 is 18.5 Å². The van der Waals surface area contributed by atoms with E-state index in [1.54, 1.807) is 13.0 Å². The van der Waals surface area contributed by atoms with Crippen molar-refractivity contribution in [2.45, 2.75) is 13.8 Å². The summed E-state index contributed by atoms with van der Waals surface area (Å²) in [4.78, 5) is 35.6. The molecular formula is C17H15NO7. The first-order valence-electron chi connectivity index (χ1n) is 7.41. The molecule has 2 heterocycles. The molecule has 1 aliphatic heterocycles. The number of fused-ring (bicyclic) bond motifs is 1. The molecule has 25 heavy (non-hydrogen) atoms. The summed E-state index contributed by atoms with van der Waals surface area (Å²) in [7, 11) is 0. The second-order valence-corrected chi connectivity index (χ2v) is 5.36. The van der Waals surface area contributed by atoms with Crippen LogP contribution in [0.25, 0.3) is 0 Å². The second-order valence-electron chi connectivity index (χ2n) is 5.36. The molecule has 1 aliphatic rings. The molecule has 0 unspecified atom stereocenters. The van der Waals surface area contributed by atoms with Gasteiger partial charge in [0.15, 0.2) is 23.9 Å². The number of carbonyl (C=O) groups is 3. The molecule has 0 spiro atoms. The monoisotopic (exact) mass is 345 g/mol. The van der Waals surface area contributed by atoms with E-state index in [-0.39, 0.29) is 29.6 Å². The molecule has 0 bridgehead atoms. The zero-order valence-corrected chi connectivity index (χ0v) is 13.6. The standard InChI is InChI=1S/C17H15NO7/c1-9-3-4-22-16(9)17(21)23-7-15(20)18-12-6-14-13(24-8-25-14)5-11(12)10(2)19/h3-6H,7-8H2,1-2H3,(H,18,20). The fraction of sp³-hybridized carbons (Fsp3) is 0.235. The smallest absolute Gasteiger partial charge is 0.375 e. The highest BCUT2D eigenvalue weighted by Gasteiger charge is 2.21. The molecule has 0 saturated heterocycles. The van der Waals surface area contributed by atoms with Gasteiger partial charge >= 0.3 is 5.97 Å². The zero-order chi connectivity index (χ0) is 18.0. The Morgan fingerprint density at radius 2 is 1.92 bits per heavy atom. The number of anilines is 1. The average Bonchev–Trinajstić information content (AvgIpc) is 3.19. The number of furan rings is 1. The molecule has 8 heteroatoms. The van der Waals surface area contributed by atoms with E-state index in [1.165, 1.54) is 25.3 Å². The van der Waals surface area contributed by atoms with Crippen molar-refractivity contribution in [1.82, 2.24) is 0 Å². The van der Waals surface area contributed by atoms with Crippen LogP contribution in [-0.4, -0.2) is 31.1 Å². The molecule has 1 N–H and O–H groups in total. The topological polar surface area (TPSA) is 104 Å². The Morgan fingerprint density at radius 1 is 1.20 bits per heavy atom. The average molecular weight is 345 g/mol. The van der Waals surface area contributed by atoms with Gasteiger partial charge in [0, 0.05) is 17.2 Å². The highest BCUT2D eigenvalue weighted by Crippen LogP contribution is 2.37.